The van der Waals surface area contributed by atoms with E-state index in [0.717, 1.165) is 17.5 Å². The van der Waals surface area contributed by atoms with Gasteiger partial charge in [0.1, 0.15) is 6.26 Å². The predicted molar refractivity (Wildman–Crippen MR) is 40.9 cm³/mol. The third kappa shape index (κ3) is 0.452. The number of allylic oxidation sites excluding steroid dienone is 4. The summed E-state index contributed by atoms with van der Waals surface area (Å²) in [5.74, 6) is 0.0642. The van der Waals surface area contributed by atoms with Crippen LogP contribution in [0.1, 0.15) is 17.5 Å². The maximum Gasteiger partial charge on any atom is 0.290 e. The Morgan fingerprint density at radius 3 is 2.91 bits per heavy atom. The van der Waals surface area contributed by atoms with Crippen LogP contribution in [0.3, 0.4) is 0 Å². The average Bonchev–Trinajstić information content (AvgIpc) is 2.60. The van der Waals surface area contributed by atoms with Crippen LogP contribution in [0.4, 0.5) is 0 Å². The first-order valence-corrected chi connectivity index (χ1v) is 3.57. The van der Waals surface area contributed by atoms with Gasteiger partial charge in [0.15, 0.2) is 0 Å². The third-order valence-corrected chi connectivity index (χ3v) is 2.31. The van der Waals surface area contributed by atoms with E-state index in [0.29, 0.717) is 0 Å². The monoisotopic (exact) mass is 146 g/mol. The van der Waals surface area contributed by atoms with Crippen molar-refractivity contribution in [2.24, 2.45) is 0 Å². The number of hydrogen-bond donors (Lipinski definition) is 1. The van der Waals surface area contributed by atoms with E-state index in [1.54, 1.807) is 6.26 Å². The van der Waals surface area contributed by atoms with Crippen molar-refractivity contribution in [2.75, 3.05) is 0 Å². The average molecular weight is 146 g/mol. The quantitative estimate of drug-likeness (QED) is 0.608. The lowest BCUT2D eigenvalue weighted by Crippen LogP contribution is -1.75. The van der Waals surface area contributed by atoms with E-state index in [9.17, 15) is 5.11 Å². The molecule has 0 saturated carbocycles. The number of fused-ring (bicyclic) bond motifs is 5. The molecule has 0 aromatic carbocycles. The van der Waals surface area contributed by atoms with Gasteiger partial charge in [-0.2, -0.15) is 0 Å². The summed E-state index contributed by atoms with van der Waals surface area (Å²) in [5.41, 5.74) is 4.42. The molecule has 0 saturated heterocycles. The molecule has 2 bridgehead atoms. The summed E-state index contributed by atoms with van der Waals surface area (Å²) in [6.07, 6.45) is 6.70. The second-order valence-corrected chi connectivity index (χ2v) is 2.89. The zero-order chi connectivity index (χ0) is 7.42. The summed E-state index contributed by atoms with van der Waals surface area (Å²) in [4.78, 5) is 0. The van der Waals surface area contributed by atoms with Gasteiger partial charge < -0.3 is 9.52 Å². The molecule has 0 fully saturated rings. The molecule has 54 valence electrons. The third-order valence-electron chi connectivity index (χ3n) is 2.31. The topological polar surface area (TPSA) is 33.4 Å². The van der Waals surface area contributed by atoms with Gasteiger partial charge in [-0.05, 0) is 17.6 Å². The lowest BCUT2D eigenvalue weighted by molar-refractivity contribution is 0.331. The molecular weight excluding hydrogens is 140 g/mol. The highest BCUT2D eigenvalue weighted by Crippen LogP contribution is 2.49. The van der Waals surface area contributed by atoms with Crippen molar-refractivity contribution >= 4 is 11.1 Å². The van der Waals surface area contributed by atoms with Gasteiger partial charge in [-0.25, -0.2) is 0 Å². The summed E-state index contributed by atoms with van der Waals surface area (Å²) in [7, 11) is 0. The van der Waals surface area contributed by atoms with Crippen LogP contribution in [0.2, 0.25) is 0 Å². The maximum absolute atomic E-state index is 9.26. The van der Waals surface area contributed by atoms with E-state index >= 15 is 0 Å². The van der Waals surface area contributed by atoms with Gasteiger partial charge in [0, 0.05) is 5.56 Å². The summed E-state index contributed by atoms with van der Waals surface area (Å²) in [5, 5.41) is 9.26. The summed E-state index contributed by atoms with van der Waals surface area (Å²) in [6, 6.07) is 0. The largest absolute Gasteiger partial charge is 0.480 e. The van der Waals surface area contributed by atoms with Crippen molar-refractivity contribution in [2.45, 2.75) is 6.42 Å². The molecule has 2 nitrogen and oxygen atoms in total. The second-order valence-electron chi connectivity index (χ2n) is 2.89. The summed E-state index contributed by atoms with van der Waals surface area (Å²) in [6.45, 7) is 0. The molecule has 0 aliphatic heterocycles. The molecule has 2 aliphatic rings. The Labute approximate surface area is 63.5 Å². The molecule has 2 aliphatic carbocycles. The fraction of sp³-hybridized carbons (Fsp3) is 0.111. The van der Waals surface area contributed by atoms with Crippen molar-refractivity contribution in [3.63, 3.8) is 0 Å². The van der Waals surface area contributed by atoms with E-state index < -0.39 is 0 Å². The fourth-order valence-electron chi connectivity index (χ4n) is 1.78. The molecule has 0 atom stereocenters. The Balaban J connectivity index is 2.43. The van der Waals surface area contributed by atoms with E-state index in [1.165, 1.54) is 11.1 Å². The van der Waals surface area contributed by atoms with Crippen LogP contribution in [-0.4, -0.2) is 5.11 Å². The van der Waals surface area contributed by atoms with Gasteiger partial charge in [-0.15, -0.1) is 0 Å². The van der Waals surface area contributed by atoms with Crippen molar-refractivity contribution in [3.8, 4) is 5.95 Å². The SMILES string of the molecule is Oc1occ2c1C1=CC=C2C1. The van der Waals surface area contributed by atoms with Crippen molar-refractivity contribution in [1.82, 2.24) is 0 Å². The minimum atomic E-state index is 0.0642. The summed E-state index contributed by atoms with van der Waals surface area (Å²) < 4.78 is 4.89. The van der Waals surface area contributed by atoms with E-state index in [-0.39, 0.29) is 5.95 Å². The van der Waals surface area contributed by atoms with Crippen LogP contribution in [0.25, 0.3) is 11.1 Å². The molecular formula is C9H6O2. The summed E-state index contributed by atoms with van der Waals surface area (Å²) >= 11 is 0. The molecule has 2 heteroatoms. The Hall–Kier alpha value is -1.44. The van der Waals surface area contributed by atoms with Crippen LogP contribution in [0, 0.1) is 0 Å². The number of rotatable bonds is 0. The first kappa shape index (κ1) is 5.24. The minimum Gasteiger partial charge on any atom is -0.480 e. The molecule has 11 heavy (non-hydrogen) atoms. The second kappa shape index (κ2) is 1.42. The number of hydrogen-bond acceptors (Lipinski definition) is 2. The number of furan rings is 1. The lowest BCUT2D eigenvalue weighted by Gasteiger charge is -1.93. The maximum atomic E-state index is 9.26. The Kier molecular flexibility index (Phi) is 0.677. The fourth-order valence-corrected chi connectivity index (χ4v) is 1.78. The Bertz CT molecular complexity index is 394. The van der Waals surface area contributed by atoms with Crippen LogP contribution in [0.5, 0.6) is 5.95 Å². The highest BCUT2D eigenvalue weighted by molar-refractivity contribution is 5.99. The Morgan fingerprint density at radius 2 is 2.09 bits per heavy atom. The van der Waals surface area contributed by atoms with Crippen LogP contribution < -0.4 is 0 Å². The molecule has 1 aromatic heterocycles. The molecule has 3 rings (SSSR count). The molecule has 0 amide bonds. The van der Waals surface area contributed by atoms with E-state index in [1.807, 2.05) is 6.08 Å². The number of aromatic hydroxyl groups is 1. The predicted octanol–water partition coefficient (Wildman–Crippen LogP) is 2.17. The van der Waals surface area contributed by atoms with Crippen LogP contribution in [-0.2, 0) is 0 Å². The molecule has 1 heterocycles. The molecule has 1 aromatic rings. The van der Waals surface area contributed by atoms with Crippen molar-refractivity contribution in [1.29, 1.82) is 0 Å². The van der Waals surface area contributed by atoms with Gasteiger partial charge in [0.2, 0.25) is 0 Å². The van der Waals surface area contributed by atoms with E-state index in [4.69, 9.17) is 4.42 Å². The smallest absolute Gasteiger partial charge is 0.290 e. The highest BCUT2D eigenvalue weighted by Gasteiger charge is 2.29. The normalized spacial score (nSPS) is 18.2. The first-order chi connectivity index (χ1) is 5.36. The zero-order valence-electron chi connectivity index (χ0n) is 5.79. The molecule has 0 spiro atoms. The van der Waals surface area contributed by atoms with Gasteiger partial charge in [-0.1, -0.05) is 12.2 Å². The van der Waals surface area contributed by atoms with Gasteiger partial charge >= 0.3 is 0 Å². The lowest BCUT2D eigenvalue weighted by atomic mass is 10.1. The van der Waals surface area contributed by atoms with Gasteiger partial charge in [0.25, 0.3) is 5.95 Å². The minimum absolute atomic E-state index is 0.0642. The molecule has 0 unspecified atom stereocenters. The highest BCUT2D eigenvalue weighted by atomic mass is 16.5. The van der Waals surface area contributed by atoms with Crippen molar-refractivity contribution < 1.29 is 9.52 Å². The van der Waals surface area contributed by atoms with Gasteiger partial charge in [0.05, 0.1) is 5.56 Å². The van der Waals surface area contributed by atoms with E-state index in [2.05, 4.69) is 6.08 Å². The molecule has 0 radical (unpaired) electrons. The van der Waals surface area contributed by atoms with Crippen LogP contribution in [0.15, 0.2) is 22.8 Å². The standard InChI is InChI=1S/C9H6O2/c10-9-8-6-2-1-5(3-6)7(8)4-11-9/h1-2,4,10H,3H2. The van der Waals surface area contributed by atoms with Crippen LogP contribution >= 0.6 is 0 Å². The van der Waals surface area contributed by atoms with Crippen molar-refractivity contribution in [3.05, 3.63) is 29.5 Å². The molecule has 1 N–H and O–H groups in total. The first-order valence-electron chi connectivity index (χ1n) is 3.57. The zero-order valence-corrected chi connectivity index (χ0v) is 5.79. The Morgan fingerprint density at radius 1 is 1.27 bits per heavy atom. The van der Waals surface area contributed by atoms with Gasteiger partial charge in [-0.3, -0.25) is 0 Å².